The van der Waals surface area contributed by atoms with Gasteiger partial charge in [0.25, 0.3) is 0 Å². The minimum atomic E-state index is -0.283. The van der Waals surface area contributed by atoms with Gasteiger partial charge in [-0.15, -0.1) is 0 Å². The molecule has 0 unspecified atom stereocenters. The standard InChI is InChI=1S/C8H13N3O3/c12-7-5-9-8(13)11(7)6-10-1-3-14-4-2-10/h5,12H,1-4,6H2,(H,9,13). The first kappa shape index (κ1) is 9.29. The van der Waals surface area contributed by atoms with Crippen molar-refractivity contribution >= 4 is 0 Å². The first-order valence-corrected chi connectivity index (χ1v) is 4.54. The van der Waals surface area contributed by atoms with Crippen molar-refractivity contribution < 1.29 is 9.84 Å². The molecule has 1 aromatic rings. The van der Waals surface area contributed by atoms with E-state index in [1.165, 1.54) is 10.8 Å². The fourth-order valence-electron chi connectivity index (χ4n) is 1.47. The number of imidazole rings is 1. The lowest BCUT2D eigenvalue weighted by Crippen LogP contribution is -2.39. The van der Waals surface area contributed by atoms with Crippen LogP contribution in [-0.4, -0.2) is 45.9 Å². The summed E-state index contributed by atoms with van der Waals surface area (Å²) in [6.45, 7) is 3.35. The summed E-state index contributed by atoms with van der Waals surface area (Å²) in [5, 5.41) is 9.34. The van der Waals surface area contributed by atoms with Crippen LogP contribution in [0, 0.1) is 0 Å². The first-order valence-electron chi connectivity index (χ1n) is 4.54. The molecule has 78 valence electrons. The van der Waals surface area contributed by atoms with Crippen LogP contribution in [0.1, 0.15) is 0 Å². The maximum absolute atomic E-state index is 11.2. The highest BCUT2D eigenvalue weighted by Crippen LogP contribution is 2.05. The predicted octanol–water partition coefficient (Wildman–Crippen LogP) is -0.828. The third-order valence-corrected chi connectivity index (χ3v) is 2.29. The molecule has 0 atom stereocenters. The van der Waals surface area contributed by atoms with E-state index < -0.39 is 0 Å². The predicted molar refractivity (Wildman–Crippen MR) is 49.1 cm³/mol. The number of aromatic amines is 1. The zero-order chi connectivity index (χ0) is 9.97. The van der Waals surface area contributed by atoms with Crippen molar-refractivity contribution in [2.75, 3.05) is 26.3 Å². The van der Waals surface area contributed by atoms with E-state index in [9.17, 15) is 9.90 Å². The first-order chi connectivity index (χ1) is 6.77. The monoisotopic (exact) mass is 199 g/mol. The molecule has 0 aromatic carbocycles. The lowest BCUT2D eigenvalue weighted by Gasteiger charge is -2.26. The maximum atomic E-state index is 11.2. The van der Waals surface area contributed by atoms with Gasteiger partial charge in [0.1, 0.15) is 0 Å². The van der Waals surface area contributed by atoms with Gasteiger partial charge in [-0.05, 0) is 0 Å². The summed E-state index contributed by atoms with van der Waals surface area (Å²) < 4.78 is 6.48. The van der Waals surface area contributed by atoms with Gasteiger partial charge in [0.15, 0.2) is 0 Å². The van der Waals surface area contributed by atoms with Gasteiger partial charge in [0, 0.05) is 13.1 Å². The Morgan fingerprint density at radius 2 is 2.21 bits per heavy atom. The Hall–Kier alpha value is -1.27. The molecule has 2 rings (SSSR count). The average molecular weight is 199 g/mol. The number of ether oxygens (including phenoxy) is 1. The molecule has 1 aliphatic rings. The van der Waals surface area contributed by atoms with Crippen molar-refractivity contribution in [3.63, 3.8) is 0 Å². The van der Waals surface area contributed by atoms with Gasteiger partial charge in [-0.1, -0.05) is 0 Å². The summed E-state index contributed by atoms with van der Waals surface area (Å²) in [4.78, 5) is 15.7. The number of hydrogen-bond acceptors (Lipinski definition) is 4. The second-order valence-electron chi connectivity index (χ2n) is 3.25. The highest BCUT2D eigenvalue weighted by molar-refractivity contribution is 5.02. The molecule has 0 aliphatic carbocycles. The lowest BCUT2D eigenvalue weighted by atomic mass is 10.4. The van der Waals surface area contributed by atoms with Crippen LogP contribution >= 0.6 is 0 Å². The molecule has 1 saturated heterocycles. The average Bonchev–Trinajstić information content (AvgIpc) is 2.51. The van der Waals surface area contributed by atoms with Gasteiger partial charge < -0.3 is 14.8 Å². The van der Waals surface area contributed by atoms with Crippen molar-refractivity contribution in [1.29, 1.82) is 0 Å². The van der Waals surface area contributed by atoms with Crippen molar-refractivity contribution in [3.8, 4) is 5.88 Å². The number of morpholine rings is 1. The van der Waals surface area contributed by atoms with Crippen molar-refractivity contribution in [1.82, 2.24) is 14.5 Å². The zero-order valence-electron chi connectivity index (χ0n) is 7.77. The van der Waals surface area contributed by atoms with Gasteiger partial charge >= 0.3 is 5.69 Å². The van der Waals surface area contributed by atoms with E-state index in [0.717, 1.165) is 13.1 Å². The van der Waals surface area contributed by atoms with Crippen LogP contribution in [0.3, 0.4) is 0 Å². The SMILES string of the molecule is O=c1[nH]cc(O)n1CN1CCOCC1. The minimum absolute atomic E-state index is 0.0264. The van der Waals surface area contributed by atoms with Crippen molar-refractivity contribution in [2.45, 2.75) is 6.67 Å². The van der Waals surface area contributed by atoms with E-state index >= 15 is 0 Å². The van der Waals surface area contributed by atoms with Gasteiger partial charge in [-0.2, -0.15) is 0 Å². The van der Waals surface area contributed by atoms with E-state index in [4.69, 9.17) is 4.74 Å². The molecule has 0 bridgehead atoms. The number of aromatic hydroxyl groups is 1. The largest absolute Gasteiger partial charge is 0.493 e. The molecule has 0 saturated carbocycles. The Morgan fingerprint density at radius 1 is 1.50 bits per heavy atom. The van der Waals surface area contributed by atoms with Gasteiger partial charge in [-0.3, -0.25) is 4.90 Å². The molecular formula is C8H13N3O3. The number of rotatable bonds is 2. The smallest absolute Gasteiger partial charge is 0.329 e. The molecule has 2 N–H and O–H groups in total. The van der Waals surface area contributed by atoms with Crippen LogP contribution in [0.25, 0.3) is 0 Å². The van der Waals surface area contributed by atoms with Crippen LogP contribution < -0.4 is 5.69 Å². The Labute approximate surface area is 80.7 Å². The molecule has 0 radical (unpaired) electrons. The highest BCUT2D eigenvalue weighted by Gasteiger charge is 2.13. The summed E-state index contributed by atoms with van der Waals surface area (Å²) in [5.41, 5.74) is -0.283. The summed E-state index contributed by atoms with van der Waals surface area (Å²) in [6, 6.07) is 0. The molecular weight excluding hydrogens is 186 g/mol. The summed E-state index contributed by atoms with van der Waals surface area (Å²) >= 11 is 0. The van der Waals surface area contributed by atoms with Crippen molar-refractivity contribution in [2.24, 2.45) is 0 Å². The maximum Gasteiger partial charge on any atom is 0.329 e. The molecule has 6 nitrogen and oxygen atoms in total. The Kier molecular flexibility index (Phi) is 2.55. The van der Waals surface area contributed by atoms with Gasteiger partial charge in [0.05, 0.1) is 26.1 Å². The Balaban J connectivity index is 2.06. The quantitative estimate of drug-likeness (QED) is 0.652. The summed E-state index contributed by atoms with van der Waals surface area (Å²) in [6.07, 6.45) is 1.29. The Morgan fingerprint density at radius 3 is 2.79 bits per heavy atom. The molecule has 0 amide bonds. The highest BCUT2D eigenvalue weighted by atomic mass is 16.5. The van der Waals surface area contributed by atoms with Gasteiger partial charge in [-0.25, -0.2) is 9.36 Å². The van der Waals surface area contributed by atoms with Crippen LogP contribution in [0.5, 0.6) is 5.88 Å². The van der Waals surface area contributed by atoms with Crippen LogP contribution in [-0.2, 0) is 11.4 Å². The number of aromatic nitrogens is 2. The zero-order valence-corrected chi connectivity index (χ0v) is 7.77. The van der Waals surface area contributed by atoms with E-state index in [-0.39, 0.29) is 11.6 Å². The molecule has 0 spiro atoms. The van der Waals surface area contributed by atoms with Crippen LogP contribution in [0.4, 0.5) is 0 Å². The number of nitrogens with one attached hydrogen (secondary N) is 1. The fraction of sp³-hybridized carbons (Fsp3) is 0.625. The normalized spacial score (nSPS) is 18.6. The molecule has 6 heteroatoms. The number of hydrogen-bond donors (Lipinski definition) is 2. The van der Waals surface area contributed by atoms with E-state index in [0.29, 0.717) is 19.9 Å². The topological polar surface area (TPSA) is 70.5 Å². The molecule has 1 aromatic heterocycles. The molecule has 1 fully saturated rings. The fourth-order valence-corrected chi connectivity index (χ4v) is 1.47. The third-order valence-electron chi connectivity index (χ3n) is 2.29. The molecule has 1 aliphatic heterocycles. The summed E-state index contributed by atoms with van der Waals surface area (Å²) in [7, 11) is 0. The third kappa shape index (κ3) is 1.80. The minimum Gasteiger partial charge on any atom is -0.493 e. The van der Waals surface area contributed by atoms with E-state index in [1.807, 2.05) is 0 Å². The van der Waals surface area contributed by atoms with Crippen molar-refractivity contribution in [3.05, 3.63) is 16.7 Å². The van der Waals surface area contributed by atoms with E-state index in [2.05, 4.69) is 9.88 Å². The second kappa shape index (κ2) is 3.85. The lowest BCUT2D eigenvalue weighted by molar-refractivity contribution is 0.0217. The van der Waals surface area contributed by atoms with Crippen LogP contribution in [0.15, 0.2) is 11.0 Å². The Bertz CT molecular complexity index is 351. The molecule has 14 heavy (non-hydrogen) atoms. The van der Waals surface area contributed by atoms with Gasteiger partial charge in [0.2, 0.25) is 5.88 Å². The van der Waals surface area contributed by atoms with E-state index in [1.54, 1.807) is 0 Å². The number of nitrogens with zero attached hydrogens (tertiary/aromatic N) is 2. The molecule has 2 heterocycles. The number of H-pyrrole nitrogens is 1. The van der Waals surface area contributed by atoms with Crippen LogP contribution in [0.2, 0.25) is 0 Å². The summed E-state index contributed by atoms with van der Waals surface area (Å²) in [5.74, 6) is -0.0264. The second-order valence-corrected chi connectivity index (χ2v) is 3.25.